The van der Waals surface area contributed by atoms with Gasteiger partial charge in [0, 0.05) is 19.6 Å². The fourth-order valence-corrected chi connectivity index (χ4v) is 2.46. The lowest BCUT2D eigenvalue weighted by atomic mass is 9.94. The number of aliphatic imine (C=N–C) groups is 1. The van der Waals surface area contributed by atoms with Crippen molar-refractivity contribution in [1.29, 1.82) is 0 Å². The number of hydrogen-bond acceptors (Lipinski definition) is 2. The second kappa shape index (κ2) is 9.20. The molecule has 1 rings (SSSR count). The molecule has 1 heterocycles. The maximum atomic E-state index is 4.62. The molecule has 0 spiro atoms. The van der Waals surface area contributed by atoms with Crippen molar-refractivity contribution in [1.82, 2.24) is 15.5 Å². The molecule has 0 aliphatic carbocycles. The number of hydrogen-bond donors (Lipinski definition) is 2. The topological polar surface area (TPSA) is 39.7 Å². The van der Waals surface area contributed by atoms with Gasteiger partial charge in [-0.25, -0.2) is 0 Å². The first-order valence-corrected chi connectivity index (χ1v) is 7.54. The van der Waals surface area contributed by atoms with Crippen LogP contribution in [-0.2, 0) is 0 Å². The summed E-state index contributed by atoms with van der Waals surface area (Å²) in [7, 11) is 0. The Morgan fingerprint density at radius 3 is 2.22 bits per heavy atom. The Balaban J connectivity index is 2.21. The monoisotopic (exact) mass is 254 g/mol. The number of piperidine rings is 1. The average Bonchev–Trinajstić information content (AvgIpc) is 2.40. The highest BCUT2D eigenvalue weighted by molar-refractivity contribution is 5.79. The molecule has 1 fully saturated rings. The van der Waals surface area contributed by atoms with Crippen LogP contribution in [0.1, 0.15) is 40.0 Å². The Labute approximate surface area is 112 Å². The van der Waals surface area contributed by atoms with Crippen LogP contribution in [0.25, 0.3) is 0 Å². The van der Waals surface area contributed by atoms with Gasteiger partial charge in [0.1, 0.15) is 0 Å². The molecule has 0 bridgehead atoms. The van der Waals surface area contributed by atoms with Crippen LogP contribution in [0.5, 0.6) is 0 Å². The Morgan fingerprint density at radius 1 is 1.11 bits per heavy atom. The standard InChI is InChI=1S/C14H30N4/c1-4-15-14(16-5-2)17-10-7-13-8-11-18(6-3)12-9-13/h13H,4-12H2,1-3H3,(H2,15,16,17). The lowest BCUT2D eigenvalue weighted by Gasteiger charge is -2.30. The molecule has 1 aliphatic rings. The van der Waals surface area contributed by atoms with E-state index < -0.39 is 0 Å². The summed E-state index contributed by atoms with van der Waals surface area (Å²) in [6.45, 7) is 13.0. The van der Waals surface area contributed by atoms with Gasteiger partial charge in [-0.1, -0.05) is 6.92 Å². The molecule has 0 aromatic carbocycles. The van der Waals surface area contributed by atoms with Crippen molar-refractivity contribution in [2.75, 3.05) is 39.3 Å². The molecule has 0 radical (unpaired) electrons. The molecular formula is C14H30N4. The molecule has 0 aromatic heterocycles. The largest absolute Gasteiger partial charge is 0.357 e. The summed E-state index contributed by atoms with van der Waals surface area (Å²) in [6, 6.07) is 0. The van der Waals surface area contributed by atoms with E-state index in [0.29, 0.717) is 0 Å². The summed E-state index contributed by atoms with van der Waals surface area (Å²) in [5.74, 6) is 1.84. The van der Waals surface area contributed by atoms with Crippen LogP contribution in [0.15, 0.2) is 4.99 Å². The van der Waals surface area contributed by atoms with E-state index in [4.69, 9.17) is 0 Å². The predicted molar refractivity (Wildman–Crippen MR) is 79.1 cm³/mol. The van der Waals surface area contributed by atoms with Crippen molar-refractivity contribution in [3.63, 3.8) is 0 Å². The second-order valence-electron chi connectivity index (χ2n) is 4.96. The summed E-state index contributed by atoms with van der Waals surface area (Å²) in [6.07, 6.45) is 3.93. The fraction of sp³-hybridized carbons (Fsp3) is 0.929. The maximum Gasteiger partial charge on any atom is 0.191 e. The maximum absolute atomic E-state index is 4.62. The smallest absolute Gasteiger partial charge is 0.191 e. The Hall–Kier alpha value is -0.770. The van der Waals surface area contributed by atoms with E-state index in [2.05, 4.69) is 41.3 Å². The van der Waals surface area contributed by atoms with Crippen LogP contribution in [-0.4, -0.2) is 50.1 Å². The minimum Gasteiger partial charge on any atom is -0.357 e. The molecule has 1 saturated heterocycles. The number of guanidine groups is 1. The molecule has 1 aliphatic heterocycles. The quantitative estimate of drug-likeness (QED) is 0.560. The van der Waals surface area contributed by atoms with Crippen LogP contribution in [0, 0.1) is 5.92 Å². The molecule has 0 unspecified atom stereocenters. The first-order chi connectivity index (χ1) is 8.80. The van der Waals surface area contributed by atoms with Crippen LogP contribution in [0.2, 0.25) is 0 Å². The van der Waals surface area contributed by atoms with E-state index >= 15 is 0 Å². The summed E-state index contributed by atoms with van der Waals surface area (Å²) in [5, 5.41) is 6.54. The van der Waals surface area contributed by atoms with Gasteiger partial charge in [-0.2, -0.15) is 0 Å². The highest BCUT2D eigenvalue weighted by atomic mass is 15.2. The lowest BCUT2D eigenvalue weighted by molar-refractivity contribution is 0.188. The molecule has 2 N–H and O–H groups in total. The molecule has 0 aromatic rings. The van der Waals surface area contributed by atoms with Gasteiger partial charge >= 0.3 is 0 Å². The minimum absolute atomic E-state index is 0.876. The molecule has 18 heavy (non-hydrogen) atoms. The summed E-state index contributed by atoms with van der Waals surface area (Å²) >= 11 is 0. The first kappa shape index (κ1) is 15.3. The third-order valence-corrected chi connectivity index (χ3v) is 3.65. The molecule has 4 heteroatoms. The van der Waals surface area contributed by atoms with E-state index in [1.807, 2.05) is 0 Å². The molecule has 0 atom stereocenters. The van der Waals surface area contributed by atoms with Gasteiger partial charge in [-0.05, 0) is 58.7 Å². The summed E-state index contributed by atoms with van der Waals surface area (Å²) < 4.78 is 0. The Bertz CT molecular complexity index is 224. The van der Waals surface area contributed by atoms with Crippen LogP contribution in [0.3, 0.4) is 0 Å². The lowest BCUT2D eigenvalue weighted by Crippen LogP contribution is -2.37. The molecule has 4 nitrogen and oxygen atoms in total. The van der Waals surface area contributed by atoms with Crippen molar-refractivity contribution in [3.8, 4) is 0 Å². The van der Waals surface area contributed by atoms with Gasteiger partial charge in [0.05, 0.1) is 0 Å². The van der Waals surface area contributed by atoms with Gasteiger partial charge in [0.25, 0.3) is 0 Å². The van der Waals surface area contributed by atoms with E-state index in [1.165, 1.54) is 38.9 Å². The molecule has 0 amide bonds. The van der Waals surface area contributed by atoms with Crippen molar-refractivity contribution in [2.45, 2.75) is 40.0 Å². The van der Waals surface area contributed by atoms with Gasteiger partial charge < -0.3 is 15.5 Å². The van der Waals surface area contributed by atoms with Crippen LogP contribution < -0.4 is 10.6 Å². The average molecular weight is 254 g/mol. The molecule has 106 valence electrons. The summed E-state index contributed by atoms with van der Waals surface area (Å²) in [4.78, 5) is 7.16. The number of likely N-dealkylation sites (tertiary alicyclic amines) is 1. The Morgan fingerprint density at radius 2 is 1.72 bits per heavy atom. The van der Waals surface area contributed by atoms with Crippen molar-refractivity contribution < 1.29 is 0 Å². The second-order valence-corrected chi connectivity index (χ2v) is 4.96. The molecule has 0 saturated carbocycles. The van der Waals surface area contributed by atoms with Gasteiger partial charge in [0.2, 0.25) is 0 Å². The normalized spacial score (nSPS) is 17.5. The number of nitrogens with one attached hydrogen (secondary N) is 2. The third kappa shape index (κ3) is 5.71. The van der Waals surface area contributed by atoms with Gasteiger partial charge in [0.15, 0.2) is 5.96 Å². The SMILES string of the molecule is CCNC(=NCCC1CCN(CC)CC1)NCC. The van der Waals surface area contributed by atoms with E-state index in [1.54, 1.807) is 0 Å². The highest BCUT2D eigenvalue weighted by Crippen LogP contribution is 2.19. The summed E-state index contributed by atoms with van der Waals surface area (Å²) in [5.41, 5.74) is 0. The van der Waals surface area contributed by atoms with Crippen LogP contribution in [0.4, 0.5) is 0 Å². The van der Waals surface area contributed by atoms with Gasteiger partial charge in [-0.15, -0.1) is 0 Å². The highest BCUT2D eigenvalue weighted by Gasteiger charge is 2.17. The zero-order chi connectivity index (χ0) is 13.2. The van der Waals surface area contributed by atoms with E-state index in [-0.39, 0.29) is 0 Å². The number of nitrogens with zero attached hydrogens (tertiary/aromatic N) is 2. The van der Waals surface area contributed by atoms with Crippen molar-refractivity contribution in [2.24, 2.45) is 10.9 Å². The predicted octanol–water partition coefficient (Wildman–Crippen LogP) is 1.68. The molecular weight excluding hydrogens is 224 g/mol. The minimum atomic E-state index is 0.876. The third-order valence-electron chi connectivity index (χ3n) is 3.65. The fourth-order valence-electron chi connectivity index (χ4n) is 2.46. The Kier molecular flexibility index (Phi) is 7.81. The van der Waals surface area contributed by atoms with Crippen molar-refractivity contribution >= 4 is 5.96 Å². The zero-order valence-electron chi connectivity index (χ0n) is 12.3. The van der Waals surface area contributed by atoms with Crippen LogP contribution >= 0.6 is 0 Å². The van der Waals surface area contributed by atoms with Gasteiger partial charge in [-0.3, -0.25) is 4.99 Å². The first-order valence-electron chi connectivity index (χ1n) is 7.54. The van der Waals surface area contributed by atoms with Crippen molar-refractivity contribution in [3.05, 3.63) is 0 Å². The van der Waals surface area contributed by atoms with E-state index in [0.717, 1.165) is 31.5 Å². The zero-order valence-corrected chi connectivity index (χ0v) is 12.3. The number of rotatable bonds is 6. The van der Waals surface area contributed by atoms with E-state index in [9.17, 15) is 0 Å².